The molecule has 5 nitrogen and oxygen atoms in total. The van der Waals surface area contributed by atoms with Crippen molar-refractivity contribution in [1.82, 2.24) is 4.72 Å². The van der Waals surface area contributed by atoms with Crippen molar-refractivity contribution in [3.8, 4) is 0 Å². The number of nitrogens with one attached hydrogen (secondary N) is 1. The van der Waals surface area contributed by atoms with Crippen LogP contribution in [0.15, 0.2) is 23.1 Å². The highest BCUT2D eigenvalue weighted by Crippen LogP contribution is 2.36. The van der Waals surface area contributed by atoms with Gasteiger partial charge >= 0.3 is 5.97 Å². The van der Waals surface area contributed by atoms with Gasteiger partial charge in [-0.1, -0.05) is 6.92 Å². The van der Waals surface area contributed by atoms with Gasteiger partial charge in [0.05, 0.1) is 17.6 Å². The third-order valence-electron chi connectivity index (χ3n) is 3.66. The van der Waals surface area contributed by atoms with Crippen LogP contribution in [-0.2, 0) is 14.8 Å². The van der Waals surface area contributed by atoms with Crippen LogP contribution in [0.4, 0.5) is 4.39 Å². The van der Waals surface area contributed by atoms with Crippen molar-refractivity contribution in [2.45, 2.75) is 24.7 Å². The van der Waals surface area contributed by atoms with E-state index in [1.54, 1.807) is 0 Å². The largest absolute Gasteiger partial charge is 0.465 e. The van der Waals surface area contributed by atoms with E-state index in [0.717, 1.165) is 38.2 Å². The lowest BCUT2D eigenvalue weighted by molar-refractivity contribution is 0.0596. The maximum absolute atomic E-state index is 13.3. The molecular weight excluding hydrogens is 297 g/mol. The number of hydrogen-bond donors (Lipinski definition) is 1. The minimum absolute atomic E-state index is 0.175. The number of carbonyl (C=O) groups excluding carboxylic acids is 1. The fourth-order valence-electron chi connectivity index (χ4n) is 2.15. The van der Waals surface area contributed by atoms with Crippen LogP contribution in [0.1, 0.15) is 30.1 Å². The summed E-state index contributed by atoms with van der Waals surface area (Å²) in [6.07, 6.45) is 2.21. The molecule has 1 aromatic rings. The average molecular weight is 315 g/mol. The van der Waals surface area contributed by atoms with Gasteiger partial charge < -0.3 is 4.74 Å². The van der Waals surface area contributed by atoms with Crippen molar-refractivity contribution < 1.29 is 22.3 Å². The van der Waals surface area contributed by atoms with Crippen LogP contribution in [0, 0.1) is 17.7 Å². The maximum atomic E-state index is 13.3. The fourth-order valence-corrected chi connectivity index (χ4v) is 3.49. The topological polar surface area (TPSA) is 72.5 Å². The van der Waals surface area contributed by atoms with Crippen molar-refractivity contribution in [3.05, 3.63) is 29.6 Å². The molecule has 1 N–H and O–H groups in total. The number of methoxy groups -OCH3 is 1. The lowest BCUT2D eigenvalue weighted by atomic mass is 10.1. The summed E-state index contributed by atoms with van der Waals surface area (Å²) in [5, 5.41) is 0. The van der Waals surface area contributed by atoms with Gasteiger partial charge in [-0.05, 0) is 42.9 Å². The van der Waals surface area contributed by atoms with Crippen LogP contribution < -0.4 is 4.72 Å². The summed E-state index contributed by atoms with van der Waals surface area (Å²) in [6, 6.07) is 2.97. The van der Waals surface area contributed by atoms with Crippen LogP contribution >= 0.6 is 0 Å². The normalized spacial score (nSPS) is 16.5. The number of benzene rings is 1. The average Bonchev–Trinajstić information content (AvgIpc) is 3.28. The number of sulfonamides is 1. The van der Waals surface area contributed by atoms with Crippen LogP contribution in [0.25, 0.3) is 0 Å². The quantitative estimate of drug-likeness (QED) is 0.814. The predicted octanol–water partition coefficient (Wildman–Crippen LogP) is 1.94. The molecule has 116 valence electrons. The van der Waals surface area contributed by atoms with E-state index < -0.39 is 26.7 Å². The maximum Gasteiger partial charge on any atom is 0.339 e. The predicted molar refractivity (Wildman–Crippen MR) is 74.8 cm³/mol. The van der Waals surface area contributed by atoms with Crippen molar-refractivity contribution >= 4 is 16.0 Å². The molecule has 0 aromatic heterocycles. The lowest BCUT2D eigenvalue weighted by Crippen LogP contribution is -2.30. The smallest absolute Gasteiger partial charge is 0.339 e. The molecule has 1 unspecified atom stereocenters. The summed E-state index contributed by atoms with van der Waals surface area (Å²) in [5.74, 6) is -0.779. The summed E-state index contributed by atoms with van der Waals surface area (Å²) in [4.78, 5) is 11.2. The van der Waals surface area contributed by atoms with E-state index in [1.165, 1.54) is 0 Å². The highest BCUT2D eigenvalue weighted by molar-refractivity contribution is 7.89. The molecule has 0 aliphatic heterocycles. The Labute approximate surface area is 123 Å². The van der Waals surface area contributed by atoms with Gasteiger partial charge in [0.25, 0.3) is 0 Å². The van der Waals surface area contributed by atoms with E-state index in [1.807, 2.05) is 6.92 Å². The van der Waals surface area contributed by atoms with Crippen LogP contribution in [0.3, 0.4) is 0 Å². The zero-order valence-electron chi connectivity index (χ0n) is 11.9. The molecule has 21 heavy (non-hydrogen) atoms. The molecule has 1 atom stereocenters. The summed E-state index contributed by atoms with van der Waals surface area (Å²) >= 11 is 0. The molecule has 1 aliphatic rings. The Kier molecular flexibility index (Phi) is 4.63. The van der Waals surface area contributed by atoms with Crippen LogP contribution in [-0.4, -0.2) is 28.0 Å². The molecule has 0 bridgehead atoms. The molecule has 0 heterocycles. The second kappa shape index (κ2) is 6.11. The first-order valence-corrected chi connectivity index (χ1v) is 8.21. The molecule has 1 aliphatic carbocycles. The van der Waals surface area contributed by atoms with Crippen LogP contribution in [0.5, 0.6) is 0 Å². The fraction of sp³-hybridized carbons (Fsp3) is 0.500. The van der Waals surface area contributed by atoms with Crippen molar-refractivity contribution in [2.75, 3.05) is 13.7 Å². The second-order valence-corrected chi connectivity index (χ2v) is 7.03. The van der Waals surface area contributed by atoms with Crippen molar-refractivity contribution in [1.29, 1.82) is 0 Å². The zero-order valence-corrected chi connectivity index (χ0v) is 12.7. The Bertz CT molecular complexity index is 640. The first-order chi connectivity index (χ1) is 9.85. The van der Waals surface area contributed by atoms with Gasteiger partial charge in [0.1, 0.15) is 5.82 Å². The van der Waals surface area contributed by atoms with E-state index in [0.29, 0.717) is 5.92 Å². The van der Waals surface area contributed by atoms with Gasteiger partial charge in [-0.15, -0.1) is 0 Å². The number of hydrogen-bond acceptors (Lipinski definition) is 4. The van der Waals surface area contributed by atoms with Crippen molar-refractivity contribution in [2.24, 2.45) is 11.8 Å². The van der Waals surface area contributed by atoms with E-state index >= 15 is 0 Å². The van der Waals surface area contributed by atoms with E-state index in [2.05, 4.69) is 9.46 Å². The Balaban J connectivity index is 2.25. The summed E-state index contributed by atoms with van der Waals surface area (Å²) in [7, 11) is -2.82. The third kappa shape index (κ3) is 3.79. The Hall–Kier alpha value is -1.47. The lowest BCUT2D eigenvalue weighted by Gasteiger charge is -2.14. The summed E-state index contributed by atoms with van der Waals surface area (Å²) in [6.45, 7) is 2.23. The highest BCUT2D eigenvalue weighted by atomic mass is 32.2. The zero-order chi connectivity index (χ0) is 15.6. The van der Waals surface area contributed by atoms with Gasteiger partial charge in [-0.3, -0.25) is 0 Å². The van der Waals surface area contributed by atoms with Crippen LogP contribution in [0.2, 0.25) is 0 Å². The van der Waals surface area contributed by atoms with E-state index in [-0.39, 0.29) is 18.0 Å². The number of halogens is 1. The summed E-state index contributed by atoms with van der Waals surface area (Å²) < 4.78 is 44.9. The Morgan fingerprint density at radius 3 is 2.71 bits per heavy atom. The molecule has 0 saturated heterocycles. The minimum atomic E-state index is -3.96. The van der Waals surface area contributed by atoms with Gasteiger partial charge in [-0.2, -0.15) is 0 Å². The van der Waals surface area contributed by atoms with E-state index in [4.69, 9.17) is 0 Å². The van der Waals surface area contributed by atoms with E-state index in [9.17, 15) is 17.6 Å². The summed E-state index contributed by atoms with van der Waals surface area (Å²) in [5.41, 5.74) is -0.175. The molecule has 0 radical (unpaired) electrons. The van der Waals surface area contributed by atoms with Gasteiger partial charge in [0, 0.05) is 6.54 Å². The minimum Gasteiger partial charge on any atom is -0.465 e. The van der Waals surface area contributed by atoms with Gasteiger partial charge in [0.15, 0.2) is 0 Å². The molecule has 1 aromatic carbocycles. The first-order valence-electron chi connectivity index (χ1n) is 6.72. The van der Waals surface area contributed by atoms with Crippen molar-refractivity contribution in [3.63, 3.8) is 0 Å². The molecule has 0 spiro atoms. The number of esters is 1. The highest BCUT2D eigenvalue weighted by Gasteiger charge is 2.30. The number of ether oxygens (including phenoxy) is 1. The monoisotopic (exact) mass is 315 g/mol. The molecule has 1 saturated carbocycles. The molecular formula is C14H18FNO4S. The SMILES string of the molecule is COC(=O)c1ccc(F)cc1S(=O)(=O)NCC(C)C1CC1. The number of rotatable bonds is 6. The first kappa shape index (κ1) is 15.9. The van der Waals surface area contributed by atoms with Gasteiger partial charge in [-0.25, -0.2) is 22.3 Å². The molecule has 0 amide bonds. The molecule has 1 fully saturated rings. The van der Waals surface area contributed by atoms with Gasteiger partial charge in [0.2, 0.25) is 10.0 Å². The second-order valence-electron chi connectivity index (χ2n) is 5.30. The Morgan fingerprint density at radius 2 is 2.14 bits per heavy atom. The Morgan fingerprint density at radius 1 is 1.48 bits per heavy atom. The standard InChI is InChI=1S/C14H18FNO4S/c1-9(10-3-4-10)8-16-21(18,19)13-7-11(15)5-6-12(13)14(17)20-2/h5-7,9-10,16H,3-4,8H2,1-2H3. The molecule has 7 heteroatoms. The molecule has 2 rings (SSSR count). The third-order valence-corrected chi connectivity index (χ3v) is 5.12. The number of carbonyl (C=O) groups is 1.